The van der Waals surface area contributed by atoms with E-state index in [-0.39, 0.29) is 17.7 Å². The summed E-state index contributed by atoms with van der Waals surface area (Å²) in [5, 5.41) is 9.32. The van der Waals surface area contributed by atoms with Gasteiger partial charge in [0.2, 0.25) is 0 Å². The van der Waals surface area contributed by atoms with Crippen LogP contribution < -0.4 is 5.73 Å². The van der Waals surface area contributed by atoms with Crippen molar-refractivity contribution < 1.29 is 13.9 Å². The van der Waals surface area contributed by atoms with E-state index in [4.69, 9.17) is 5.73 Å². The summed E-state index contributed by atoms with van der Waals surface area (Å²) in [6.45, 7) is 0. The number of phenolic OH excluding ortho intramolecular Hbond substituents is 1. The molecule has 1 unspecified atom stereocenters. The summed E-state index contributed by atoms with van der Waals surface area (Å²) in [5.74, 6) is -1.20. The van der Waals surface area contributed by atoms with Crippen LogP contribution in [0, 0.1) is 11.6 Å². The minimum Gasteiger partial charge on any atom is -0.508 e. The van der Waals surface area contributed by atoms with Crippen molar-refractivity contribution in [3.63, 3.8) is 0 Å². The molecule has 0 aliphatic rings. The zero-order chi connectivity index (χ0) is 13.1. The van der Waals surface area contributed by atoms with Crippen LogP contribution in [0.4, 0.5) is 8.78 Å². The Morgan fingerprint density at radius 1 is 1.06 bits per heavy atom. The van der Waals surface area contributed by atoms with Crippen LogP contribution in [0.1, 0.15) is 17.2 Å². The molecule has 0 spiro atoms. The van der Waals surface area contributed by atoms with Crippen LogP contribution in [0.2, 0.25) is 0 Å². The molecule has 0 radical (unpaired) electrons. The summed E-state index contributed by atoms with van der Waals surface area (Å²) >= 11 is 0. The highest BCUT2D eigenvalue weighted by atomic mass is 19.1. The normalized spacial score (nSPS) is 12.4. The number of rotatable bonds is 3. The lowest BCUT2D eigenvalue weighted by molar-refractivity contribution is 0.474. The van der Waals surface area contributed by atoms with Crippen molar-refractivity contribution in [2.24, 2.45) is 5.73 Å². The van der Waals surface area contributed by atoms with Gasteiger partial charge in [-0.15, -0.1) is 0 Å². The molecule has 2 aromatic carbocycles. The Kier molecular flexibility index (Phi) is 3.58. The number of aromatic hydroxyl groups is 1. The standard InChI is InChI=1S/C14H13F2NO/c15-11-5-2-6-12(16)14(11)13(17)8-9-3-1-4-10(18)7-9/h1-7,13,18H,8,17H2. The lowest BCUT2D eigenvalue weighted by Gasteiger charge is -2.14. The SMILES string of the molecule is NC(Cc1cccc(O)c1)c1c(F)cccc1F. The Balaban J connectivity index is 2.25. The fourth-order valence-corrected chi connectivity index (χ4v) is 1.90. The lowest BCUT2D eigenvalue weighted by atomic mass is 9.98. The Morgan fingerprint density at radius 3 is 2.28 bits per heavy atom. The number of halogens is 2. The molecular formula is C14H13F2NO. The summed E-state index contributed by atoms with van der Waals surface area (Å²) in [4.78, 5) is 0. The molecule has 1 atom stereocenters. The molecule has 2 aromatic rings. The third kappa shape index (κ3) is 2.65. The quantitative estimate of drug-likeness (QED) is 0.878. The molecule has 0 aromatic heterocycles. The molecule has 0 fully saturated rings. The van der Waals surface area contributed by atoms with Crippen molar-refractivity contribution in [1.82, 2.24) is 0 Å². The van der Waals surface area contributed by atoms with Gasteiger partial charge in [-0.2, -0.15) is 0 Å². The first-order valence-corrected chi connectivity index (χ1v) is 5.55. The van der Waals surface area contributed by atoms with Gasteiger partial charge >= 0.3 is 0 Å². The molecule has 0 saturated carbocycles. The summed E-state index contributed by atoms with van der Waals surface area (Å²) in [6.07, 6.45) is 0.256. The maximum Gasteiger partial charge on any atom is 0.130 e. The van der Waals surface area contributed by atoms with E-state index in [1.165, 1.54) is 30.3 Å². The molecule has 18 heavy (non-hydrogen) atoms. The van der Waals surface area contributed by atoms with Crippen molar-refractivity contribution >= 4 is 0 Å². The second-order valence-corrected chi connectivity index (χ2v) is 4.12. The summed E-state index contributed by atoms with van der Waals surface area (Å²) in [5.41, 5.74) is 6.42. The summed E-state index contributed by atoms with van der Waals surface area (Å²) in [6, 6.07) is 9.34. The molecule has 0 saturated heterocycles. The molecule has 0 bridgehead atoms. The van der Waals surface area contributed by atoms with Crippen molar-refractivity contribution in [2.75, 3.05) is 0 Å². The molecule has 3 N–H and O–H groups in total. The van der Waals surface area contributed by atoms with E-state index in [1.807, 2.05) is 0 Å². The van der Waals surface area contributed by atoms with Gasteiger partial charge in [-0.05, 0) is 36.2 Å². The third-order valence-electron chi connectivity index (χ3n) is 2.74. The van der Waals surface area contributed by atoms with Crippen molar-refractivity contribution in [3.8, 4) is 5.75 Å². The topological polar surface area (TPSA) is 46.2 Å². The zero-order valence-electron chi connectivity index (χ0n) is 9.61. The first kappa shape index (κ1) is 12.5. The van der Waals surface area contributed by atoms with Gasteiger partial charge in [-0.25, -0.2) is 8.78 Å². The minimum atomic E-state index is -0.784. The fourth-order valence-electron chi connectivity index (χ4n) is 1.90. The first-order chi connectivity index (χ1) is 8.58. The van der Waals surface area contributed by atoms with E-state index in [0.29, 0.717) is 0 Å². The molecule has 4 heteroatoms. The predicted octanol–water partition coefficient (Wildman–Crippen LogP) is 2.91. The highest BCUT2D eigenvalue weighted by molar-refractivity contribution is 5.30. The van der Waals surface area contributed by atoms with Crippen LogP contribution in [-0.2, 0) is 6.42 Å². The predicted molar refractivity (Wildman–Crippen MR) is 65.1 cm³/mol. The average Bonchev–Trinajstić information content (AvgIpc) is 2.28. The minimum absolute atomic E-state index is 0.105. The number of hydrogen-bond donors (Lipinski definition) is 2. The molecule has 2 nitrogen and oxygen atoms in total. The van der Waals surface area contributed by atoms with Crippen LogP contribution >= 0.6 is 0 Å². The van der Waals surface area contributed by atoms with Gasteiger partial charge in [0.15, 0.2) is 0 Å². The van der Waals surface area contributed by atoms with Crippen LogP contribution in [0.15, 0.2) is 42.5 Å². The van der Waals surface area contributed by atoms with Gasteiger partial charge in [0.25, 0.3) is 0 Å². The van der Waals surface area contributed by atoms with Gasteiger partial charge in [0.1, 0.15) is 17.4 Å². The van der Waals surface area contributed by atoms with Crippen molar-refractivity contribution in [1.29, 1.82) is 0 Å². The van der Waals surface area contributed by atoms with Gasteiger partial charge in [0, 0.05) is 11.6 Å². The Morgan fingerprint density at radius 2 is 1.67 bits per heavy atom. The van der Waals surface area contributed by atoms with E-state index in [2.05, 4.69) is 0 Å². The molecule has 0 aliphatic heterocycles. The van der Waals surface area contributed by atoms with Crippen LogP contribution in [0.25, 0.3) is 0 Å². The van der Waals surface area contributed by atoms with Gasteiger partial charge < -0.3 is 10.8 Å². The number of phenols is 1. The highest BCUT2D eigenvalue weighted by Gasteiger charge is 2.16. The van der Waals surface area contributed by atoms with Crippen LogP contribution in [-0.4, -0.2) is 5.11 Å². The Bertz CT molecular complexity index is 537. The zero-order valence-corrected chi connectivity index (χ0v) is 9.61. The second kappa shape index (κ2) is 5.14. The van der Waals surface area contributed by atoms with Crippen molar-refractivity contribution in [3.05, 3.63) is 65.2 Å². The Hall–Kier alpha value is -1.94. The van der Waals surface area contributed by atoms with Crippen LogP contribution in [0.5, 0.6) is 5.75 Å². The fraction of sp³-hybridized carbons (Fsp3) is 0.143. The molecule has 0 heterocycles. The molecule has 0 aliphatic carbocycles. The largest absolute Gasteiger partial charge is 0.508 e. The number of benzene rings is 2. The molecule has 2 rings (SSSR count). The number of hydrogen-bond acceptors (Lipinski definition) is 2. The third-order valence-corrected chi connectivity index (χ3v) is 2.74. The second-order valence-electron chi connectivity index (χ2n) is 4.12. The Labute approximate surface area is 104 Å². The summed E-state index contributed by atoms with van der Waals surface area (Å²) in [7, 11) is 0. The van der Waals surface area contributed by atoms with E-state index < -0.39 is 17.7 Å². The first-order valence-electron chi connectivity index (χ1n) is 5.55. The average molecular weight is 249 g/mol. The van der Waals surface area contributed by atoms with Crippen LogP contribution in [0.3, 0.4) is 0 Å². The maximum absolute atomic E-state index is 13.5. The highest BCUT2D eigenvalue weighted by Crippen LogP contribution is 2.23. The lowest BCUT2D eigenvalue weighted by Crippen LogP contribution is -2.16. The monoisotopic (exact) mass is 249 g/mol. The molecule has 94 valence electrons. The van der Waals surface area contributed by atoms with Gasteiger partial charge in [0.05, 0.1) is 0 Å². The van der Waals surface area contributed by atoms with Gasteiger partial charge in [-0.3, -0.25) is 0 Å². The van der Waals surface area contributed by atoms with E-state index in [9.17, 15) is 13.9 Å². The maximum atomic E-state index is 13.5. The van der Waals surface area contributed by atoms with E-state index in [0.717, 1.165) is 5.56 Å². The van der Waals surface area contributed by atoms with Gasteiger partial charge in [-0.1, -0.05) is 18.2 Å². The number of nitrogens with two attached hydrogens (primary N) is 1. The summed E-state index contributed by atoms with van der Waals surface area (Å²) < 4.78 is 27.0. The smallest absolute Gasteiger partial charge is 0.130 e. The van der Waals surface area contributed by atoms with Crippen molar-refractivity contribution in [2.45, 2.75) is 12.5 Å². The molecule has 0 amide bonds. The van der Waals surface area contributed by atoms with E-state index in [1.54, 1.807) is 12.1 Å². The van der Waals surface area contributed by atoms with E-state index >= 15 is 0 Å². The molecular weight excluding hydrogens is 236 g/mol.